The molecule has 0 amide bonds. The van der Waals surface area contributed by atoms with Crippen molar-refractivity contribution in [3.8, 4) is 5.75 Å². The molecule has 4 nitrogen and oxygen atoms in total. The summed E-state index contributed by atoms with van der Waals surface area (Å²) < 4.78 is 5.64. The van der Waals surface area contributed by atoms with Crippen molar-refractivity contribution in [3.05, 3.63) is 42.0 Å². The first kappa shape index (κ1) is 13.6. The number of hydrogen-bond acceptors (Lipinski definition) is 3. The Morgan fingerprint density at radius 3 is 3.16 bits per heavy atom. The van der Waals surface area contributed by atoms with E-state index < -0.39 is 12.0 Å². The molecule has 1 aliphatic rings. The average Bonchev–Trinajstić information content (AvgIpc) is 2.73. The van der Waals surface area contributed by atoms with E-state index in [2.05, 4.69) is 18.0 Å². The van der Waals surface area contributed by atoms with Crippen molar-refractivity contribution in [3.63, 3.8) is 0 Å². The fraction of sp³-hybridized carbons (Fsp3) is 0.400. The van der Waals surface area contributed by atoms with Crippen LogP contribution in [0.25, 0.3) is 0 Å². The lowest BCUT2D eigenvalue weighted by Crippen LogP contribution is -2.35. The molecule has 0 aromatic heterocycles. The highest BCUT2D eigenvalue weighted by molar-refractivity contribution is 5.73. The molecule has 0 saturated heterocycles. The number of carboxylic acid groups (broad SMARTS) is 1. The van der Waals surface area contributed by atoms with Crippen LogP contribution in [0.15, 0.2) is 30.9 Å². The Labute approximate surface area is 113 Å². The molecule has 0 bridgehead atoms. The zero-order valence-electron chi connectivity index (χ0n) is 11.1. The van der Waals surface area contributed by atoms with E-state index in [0.717, 1.165) is 17.7 Å². The number of aliphatic carboxylic acids is 1. The van der Waals surface area contributed by atoms with Gasteiger partial charge in [0.2, 0.25) is 0 Å². The van der Waals surface area contributed by atoms with Gasteiger partial charge in [0.05, 0.1) is 0 Å². The van der Waals surface area contributed by atoms with E-state index in [9.17, 15) is 4.79 Å². The zero-order valence-corrected chi connectivity index (χ0v) is 11.1. The van der Waals surface area contributed by atoms with E-state index in [1.54, 1.807) is 6.08 Å². The third-order valence-electron chi connectivity index (χ3n) is 3.21. The smallest absolute Gasteiger partial charge is 0.321 e. The number of carbonyl (C=O) groups is 1. The molecule has 0 aliphatic carbocycles. The van der Waals surface area contributed by atoms with Crippen LogP contribution in [0, 0.1) is 0 Å². The lowest BCUT2D eigenvalue weighted by atomic mass is 10.1. The summed E-state index contributed by atoms with van der Waals surface area (Å²) in [7, 11) is 0. The second-order valence-electron chi connectivity index (χ2n) is 4.87. The Morgan fingerprint density at radius 1 is 1.68 bits per heavy atom. The van der Waals surface area contributed by atoms with E-state index in [-0.39, 0.29) is 6.10 Å². The van der Waals surface area contributed by atoms with Crippen LogP contribution in [-0.2, 0) is 17.8 Å². The van der Waals surface area contributed by atoms with Crippen LogP contribution in [0.3, 0.4) is 0 Å². The minimum absolute atomic E-state index is 0.228. The summed E-state index contributed by atoms with van der Waals surface area (Å²) in [6, 6.07) is 5.43. The molecule has 0 spiro atoms. The molecule has 19 heavy (non-hydrogen) atoms. The minimum Gasteiger partial charge on any atom is -0.490 e. The summed E-state index contributed by atoms with van der Waals surface area (Å²) in [5, 5.41) is 12.1. The highest BCUT2D eigenvalue weighted by atomic mass is 16.5. The van der Waals surface area contributed by atoms with Crippen molar-refractivity contribution in [2.24, 2.45) is 0 Å². The Hall–Kier alpha value is -1.81. The van der Waals surface area contributed by atoms with Gasteiger partial charge in [-0.05, 0) is 30.5 Å². The van der Waals surface area contributed by atoms with Crippen LogP contribution in [0.4, 0.5) is 0 Å². The number of benzene rings is 1. The Kier molecular flexibility index (Phi) is 4.22. The lowest BCUT2D eigenvalue weighted by Gasteiger charge is -2.12. The summed E-state index contributed by atoms with van der Waals surface area (Å²) in [6.07, 6.45) is 3.17. The van der Waals surface area contributed by atoms with Gasteiger partial charge in [-0.25, -0.2) is 0 Å². The fourth-order valence-electron chi connectivity index (χ4n) is 2.26. The van der Waals surface area contributed by atoms with Crippen LogP contribution in [0.5, 0.6) is 5.75 Å². The summed E-state index contributed by atoms with van der Waals surface area (Å²) in [5.74, 6) is 0.0927. The number of rotatable bonds is 6. The summed E-state index contributed by atoms with van der Waals surface area (Å²) >= 11 is 0. The second-order valence-corrected chi connectivity index (χ2v) is 4.87. The Bertz CT molecular complexity index is 484. The number of carboxylic acids is 1. The van der Waals surface area contributed by atoms with Gasteiger partial charge in [-0.3, -0.25) is 4.79 Å². The first-order chi connectivity index (χ1) is 9.10. The molecular formula is C15H19NO3. The summed E-state index contributed by atoms with van der Waals surface area (Å²) in [4.78, 5) is 11.0. The maximum Gasteiger partial charge on any atom is 0.321 e. The van der Waals surface area contributed by atoms with E-state index >= 15 is 0 Å². The van der Waals surface area contributed by atoms with Crippen molar-refractivity contribution < 1.29 is 14.6 Å². The molecule has 2 rings (SSSR count). The highest BCUT2D eigenvalue weighted by Gasteiger charge is 2.19. The van der Waals surface area contributed by atoms with Gasteiger partial charge >= 0.3 is 5.97 Å². The van der Waals surface area contributed by atoms with Crippen molar-refractivity contribution in [1.29, 1.82) is 0 Å². The molecule has 2 atom stereocenters. The largest absolute Gasteiger partial charge is 0.490 e. The molecule has 2 N–H and O–H groups in total. The first-order valence-corrected chi connectivity index (χ1v) is 6.45. The lowest BCUT2D eigenvalue weighted by molar-refractivity contribution is -0.139. The number of fused-ring (bicyclic) bond motifs is 1. The predicted octanol–water partition coefficient (Wildman–Crippen LogP) is 2.13. The number of hydrogen-bond donors (Lipinski definition) is 2. The van der Waals surface area contributed by atoms with Crippen LogP contribution in [0.2, 0.25) is 0 Å². The maximum atomic E-state index is 11.0. The standard InChI is InChI=1S/C15H19NO3/c1-3-4-13(15(17)18)16-9-11-5-6-14-12(8-11)7-10(2)19-14/h3,5-6,8,10,13,16H,1,4,7,9H2,2H3,(H,17,18)/t10?,13-/m1/s1. The van der Waals surface area contributed by atoms with Crippen LogP contribution < -0.4 is 10.1 Å². The third kappa shape index (κ3) is 3.35. The molecule has 1 aliphatic heterocycles. The topological polar surface area (TPSA) is 58.6 Å². The van der Waals surface area contributed by atoms with Gasteiger partial charge in [0.1, 0.15) is 17.9 Å². The monoisotopic (exact) mass is 261 g/mol. The first-order valence-electron chi connectivity index (χ1n) is 6.45. The SMILES string of the molecule is C=CC[C@@H](NCc1ccc2c(c1)CC(C)O2)C(=O)O. The quantitative estimate of drug-likeness (QED) is 0.770. The minimum atomic E-state index is -0.849. The van der Waals surface area contributed by atoms with Crippen molar-refractivity contribution in [1.82, 2.24) is 5.32 Å². The van der Waals surface area contributed by atoms with Gasteiger partial charge in [0.25, 0.3) is 0 Å². The number of ether oxygens (including phenoxy) is 1. The van der Waals surface area contributed by atoms with E-state index in [0.29, 0.717) is 13.0 Å². The summed E-state index contributed by atoms with van der Waals surface area (Å²) in [6.45, 7) is 6.15. The van der Waals surface area contributed by atoms with Crippen LogP contribution in [0.1, 0.15) is 24.5 Å². The van der Waals surface area contributed by atoms with Crippen LogP contribution in [-0.4, -0.2) is 23.2 Å². The van der Waals surface area contributed by atoms with Gasteiger partial charge < -0.3 is 15.2 Å². The second kappa shape index (κ2) is 5.89. The molecule has 0 fully saturated rings. The molecule has 1 aromatic carbocycles. The average molecular weight is 261 g/mol. The predicted molar refractivity (Wildman–Crippen MR) is 73.3 cm³/mol. The maximum absolute atomic E-state index is 11.0. The Morgan fingerprint density at radius 2 is 2.47 bits per heavy atom. The summed E-state index contributed by atoms with van der Waals surface area (Å²) in [5.41, 5.74) is 2.27. The molecule has 1 aromatic rings. The fourth-order valence-corrected chi connectivity index (χ4v) is 2.26. The Balaban J connectivity index is 1.98. The normalized spacial score (nSPS) is 18.5. The van der Waals surface area contributed by atoms with Gasteiger partial charge in [0, 0.05) is 13.0 Å². The van der Waals surface area contributed by atoms with E-state index in [1.165, 1.54) is 5.56 Å². The van der Waals surface area contributed by atoms with Crippen molar-refractivity contribution in [2.75, 3.05) is 0 Å². The molecule has 0 saturated carbocycles. The molecule has 4 heteroatoms. The zero-order chi connectivity index (χ0) is 13.8. The van der Waals surface area contributed by atoms with E-state index in [4.69, 9.17) is 9.84 Å². The van der Waals surface area contributed by atoms with Gasteiger partial charge in [-0.15, -0.1) is 6.58 Å². The van der Waals surface area contributed by atoms with Crippen LogP contribution >= 0.6 is 0 Å². The molecule has 102 valence electrons. The van der Waals surface area contributed by atoms with Crippen molar-refractivity contribution in [2.45, 2.75) is 38.5 Å². The van der Waals surface area contributed by atoms with Crippen molar-refractivity contribution >= 4 is 5.97 Å². The molecule has 1 unspecified atom stereocenters. The van der Waals surface area contributed by atoms with Gasteiger partial charge in [0.15, 0.2) is 0 Å². The molecule has 0 radical (unpaired) electrons. The highest BCUT2D eigenvalue weighted by Crippen LogP contribution is 2.29. The number of nitrogens with one attached hydrogen (secondary N) is 1. The van der Waals surface area contributed by atoms with E-state index in [1.807, 2.05) is 19.1 Å². The van der Waals surface area contributed by atoms with Gasteiger partial charge in [-0.1, -0.05) is 18.2 Å². The third-order valence-corrected chi connectivity index (χ3v) is 3.21. The van der Waals surface area contributed by atoms with Gasteiger partial charge in [-0.2, -0.15) is 0 Å². The molecular weight excluding hydrogens is 242 g/mol. The molecule has 1 heterocycles.